The normalized spacial score (nSPS) is 18.0. The largest absolute Gasteiger partial charge is 0.497 e. The summed E-state index contributed by atoms with van der Waals surface area (Å²) in [6, 6.07) is 13.2. The van der Waals surface area contributed by atoms with Gasteiger partial charge in [-0.15, -0.1) is 0 Å². The van der Waals surface area contributed by atoms with Gasteiger partial charge < -0.3 is 20.3 Å². The van der Waals surface area contributed by atoms with Crippen molar-refractivity contribution in [1.29, 1.82) is 0 Å². The van der Waals surface area contributed by atoms with Gasteiger partial charge in [0.1, 0.15) is 23.2 Å². The number of nitrogens with zero attached hydrogens (tertiary/aromatic N) is 4. The van der Waals surface area contributed by atoms with Gasteiger partial charge in [-0.2, -0.15) is 0 Å². The fraction of sp³-hybridized carbons (Fsp3) is 0.360. The first-order valence-electron chi connectivity index (χ1n) is 11.1. The number of carbonyl (C=O) groups is 1. The van der Waals surface area contributed by atoms with Crippen molar-refractivity contribution in [2.45, 2.75) is 32.1 Å². The van der Waals surface area contributed by atoms with E-state index in [4.69, 9.17) is 9.72 Å². The van der Waals surface area contributed by atoms with Crippen LogP contribution in [0.3, 0.4) is 0 Å². The molecule has 4 rings (SSSR count). The minimum atomic E-state index is -0.254. The van der Waals surface area contributed by atoms with Gasteiger partial charge in [0.15, 0.2) is 0 Å². The maximum Gasteiger partial charge on any atom is 0.257 e. The zero-order valence-corrected chi connectivity index (χ0v) is 19.6. The highest BCUT2D eigenvalue weighted by molar-refractivity contribution is 5.99. The first-order chi connectivity index (χ1) is 15.9. The topological polar surface area (TPSA) is 92.3 Å². The number of piperidine rings is 1. The first kappa shape index (κ1) is 22.5. The first-order valence-corrected chi connectivity index (χ1v) is 11.1. The third-order valence-electron chi connectivity index (χ3n) is 6.07. The SMILES string of the molecule is CNc1cc([C@@]2(C)CCCN(C(=O)c3cccnc3Nc3cccc(OC)c3)C2)nc(C)n1. The van der Waals surface area contributed by atoms with Gasteiger partial charge >= 0.3 is 0 Å². The summed E-state index contributed by atoms with van der Waals surface area (Å²) in [5.41, 5.74) is 2.05. The number of ether oxygens (including phenoxy) is 1. The van der Waals surface area contributed by atoms with Crippen LogP contribution in [0.2, 0.25) is 0 Å². The van der Waals surface area contributed by atoms with Crippen molar-refractivity contribution < 1.29 is 9.53 Å². The van der Waals surface area contributed by atoms with Crippen molar-refractivity contribution in [3.8, 4) is 5.75 Å². The number of carbonyl (C=O) groups excluding carboxylic acids is 1. The molecule has 1 aliphatic rings. The van der Waals surface area contributed by atoms with Crippen LogP contribution >= 0.6 is 0 Å². The van der Waals surface area contributed by atoms with Gasteiger partial charge in [-0.1, -0.05) is 13.0 Å². The molecule has 1 saturated heterocycles. The molecule has 3 heterocycles. The molecular weight excluding hydrogens is 416 g/mol. The van der Waals surface area contributed by atoms with Crippen molar-refractivity contribution in [2.75, 3.05) is 37.9 Å². The van der Waals surface area contributed by atoms with E-state index in [1.54, 1.807) is 19.4 Å². The lowest BCUT2D eigenvalue weighted by Gasteiger charge is -2.40. The highest BCUT2D eigenvalue weighted by Crippen LogP contribution is 2.34. The molecule has 1 aliphatic heterocycles. The van der Waals surface area contributed by atoms with Crippen molar-refractivity contribution >= 4 is 23.2 Å². The van der Waals surface area contributed by atoms with Crippen LogP contribution in [0.25, 0.3) is 0 Å². The molecule has 8 nitrogen and oxygen atoms in total. The molecule has 2 N–H and O–H groups in total. The third kappa shape index (κ3) is 4.89. The number of rotatable bonds is 6. The summed E-state index contributed by atoms with van der Waals surface area (Å²) in [4.78, 5) is 29.1. The standard InChI is InChI=1S/C25H30N6O2/c1-17-28-21(15-22(26-3)29-17)25(2)11-7-13-31(16-25)24(32)20-10-6-12-27-23(20)30-18-8-5-9-19(14-18)33-4/h5-6,8-10,12,14-15H,7,11,13,16H2,1-4H3,(H,27,30)(H,26,28,29)/t25-/m0/s1. The minimum Gasteiger partial charge on any atom is -0.497 e. The van der Waals surface area contributed by atoms with E-state index in [2.05, 4.69) is 27.5 Å². The molecule has 0 unspecified atom stereocenters. The summed E-state index contributed by atoms with van der Waals surface area (Å²) in [5.74, 6) is 2.73. The number of nitrogens with one attached hydrogen (secondary N) is 2. The number of aromatic nitrogens is 3. The van der Waals surface area contributed by atoms with Gasteiger partial charge in [0, 0.05) is 49.6 Å². The summed E-state index contributed by atoms with van der Waals surface area (Å²) < 4.78 is 5.30. The zero-order chi connectivity index (χ0) is 23.4. The Bertz CT molecular complexity index is 1150. The molecule has 0 aliphatic carbocycles. The molecule has 0 bridgehead atoms. The second-order valence-electron chi connectivity index (χ2n) is 8.58. The van der Waals surface area contributed by atoms with Crippen molar-refractivity contribution in [3.63, 3.8) is 0 Å². The summed E-state index contributed by atoms with van der Waals surface area (Å²) in [6.45, 7) is 5.35. The van der Waals surface area contributed by atoms with Crippen LogP contribution in [0.5, 0.6) is 5.75 Å². The number of pyridine rings is 1. The second-order valence-corrected chi connectivity index (χ2v) is 8.58. The minimum absolute atomic E-state index is 0.0426. The number of methoxy groups -OCH3 is 1. The average molecular weight is 447 g/mol. The molecule has 172 valence electrons. The van der Waals surface area contributed by atoms with Crippen LogP contribution in [0.15, 0.2) is 48.7 Å². The van der Waals surface area contributed by atoms with Gasteiger partial charge in [-0.25, -0.2) is 15.0 Å². The van der Waals surface area contributed by atoms with Crippen molar-refractivity contribution in [3.05, 3.63) is 65.7 Å². The van der Waals surface area contributed by atoms with E-state index in [0.29, 0.717) is 24.5 Å². The van der Waals surface area contributed by atoms with E-state index in [0.717, 1.165) is 41.6 Å². The lowest BCUT2D eigenvalue weighted by Crippen LogP contribution is -2.47. The molecular formula is C25H30N6O2. The maximum absolute atomic E-state index is 13.6. The van der Waals surface area contributed by atoms with Crippen LogP contribution in [0.1, 0.15) is 41.6 Å². The Morgan fingerprint density at radius 2 is 2.03 bits per heavy atom. The van der Waals surface area contributed by atoms with E-state index in [1.165, 1.54) is 0 Å². The summed E-state index contributed by atoms with van der Waals surface area (Å²) >= 11 is 0. The third-order valence-corrected chi connectivity index (χ3v) is 6.07. The number of amides is 1. The quantitative estimate of drug-likeness (QED) is 0.587. The predicted octanol–water partition coefficient (Wildman–Crippen LogP) is 4.17. The number of hydrogen-bond acceptors (Lipinski definition) is 7. The smallest absolute Gasteiger partial charge is 0.257 e. The van der Waals surface area contributed by atoms with Gasteiger partial charge in [-0.3, -0.25) is 4.79 Å². The Labute approximate surface area is 194 Å². The molecule has 1 atom stereocenters. The van der Waals surface area contributed by atoms with E-state index >= 15 is 0 Å². The van der Waals surface area contributed by atoms with Crippen LogP contribution in [0.4, 0.5) is 17.3 Å². The van der Waals surface area contributed by atoms with E-state index in [9.17, 15) is 4.79 Å². The molecule has 1 fully saturated rings. The molecule has 0 saturated carbocycles. The fourth-order valence-electron chi connectivity index (χ4n) is 4.31. The van der Waals surface area contributed by atoms with Gasteiger partial charge in [0.05, 0.1) is 18.4 Å². The Hall–Kier alpha value is -3.68. The highest BCUT2D eigenvalue weighted by atomic mass is 16.5. The number of benzene rings is 1. The van der Waals surface area contributed by atoms with Gasteiger partial charge in [0.25, 0.3) is 5.91 Å². The van der Waals surface area contributed by atoms with Gasteiger partial charge in [-0.05, 0) is 44.0 Å². The highest BCUT2D eigenvalue weighted by Gasteiger charge is 2.37. The number of likely N-dealkylation sites (tertiary alicyclic amines) is 1. The maximum atomic E-state index is 13.6. The molecule has 0 spiro atoms. The van der Waals surface area contributed by atoms with Gasteiger partial charge in [0.2, 0.25) is 0 Å². The molecule has 3 aromatic rings. The van der Waals surface area contributed by atoms with Crippen molar-refractivity contribution in [1.82, 2.24) is 19.9 Å². The Morgan fingerprint density at radius 1 is 1.18 bits per heavy atom. The van der Waals surface area contributed by atoms with E-state index in [1.807, 2.05) is 55.3 Å². The molecule has 33 heavy (non-hydrogen) atoms. The molecule has 8 heteroatoms. The summed E-state index contributed by atoms with van der Waals surface area (Å²) in [5, 5.41) is 6.38. The zero-order valence-electron chi connectivity index (χ0n) is 19.6. The Morgan fingerprint density at radius 3 is 2.82 bits per heavy atom. The Kier molecular flexibility index (Phi) is 6.44. The number of hydrogen-bond donors (Lipinski definition) is 2. The van der Waals surface area contributed by atoms with Crippen molar-refractivity contribution in [2.24, 2.45) is 0 Å². The summed E-state index contributed by atoms with van der Waals surface area (Å²) in [7, 11) is 3.48. The average Bonchev–Trinajstić information content (AvgIpc) is 2.83. The predicted molar refractivity (Wildman–Crippen MR) is 129 cm³/mol. The van der Waals surface area contributed by atoms with E-state index in [-0.39, 0.29) is 11.3 Å². The van der Waals surface area contributed by atoms with Crippen LogP contribution in [-0.2, 0) is 5.41 Å². The molecule has 2 aromatic heterocycles. The number of aryl methyl sites for hydroxylation is 1. The molecule has 1 amide bonds. The van der Waals surface area contributed by atoms with Crippen LogP contribution < -0.4 is 15.4 Å². The Balaban J connectivity index is 1.59. The molecule has 1 aromatic carbocycles. The second kappa shape index (κ2) is 9.44. The lowest BCUT2D eigenvalue weighted by molar-refractivity contribution is 0.0648. The number of anilines is 3. The lowest BCUT2D eigenvalue weighted by atomic mass is 9.78. The van der Waals surface area contributed by atoms with Crippen LogP contribution in [-0.4, -0.2) is 53.0 Å². The monoisotopic (exact) mass is 446 g/mol. The van der Waals surface area contributed by atoms with E-state index < -0.39 is 0 Å². The molecule has 0 radical (unpaired) electrons. The summed E-state index contributed by atoms with van der Waals surface area (Å²) in [6.07, 6.45) is 3.54. The van der Waals surface area contributed by atoms with Crippen LogP contribution in [0, 0.1) is 6.92 Å². The fourth-order valence-corrected chi connectivity index (χ4v) is 4.31.